The molecule has 2 fully saturated rings. The highest BCUT2D eigenvalue weighted by molar-refractivity contribution is 5.96. The molecule has 11 nitrogen and oxygen atoms in total. The number of carbonyl (C=O) groups excluding carboxylic acids is 3. The molecule has 2 aliphatic rings. The van der Waals surface area contributed by atoms with Crippen LogP contribution in [0.1, 0.15) is 54.4 Å². The van der Waals surface area contributed by atoms with Crippen LogP contribution in [0.25, 0.3) is 10.9 Å². The van der Waals surface area contributed by atoms with E-state index in [9.17, 15) is 24.3 Å². The molecular formula is C31H40N4O7. The number of alkyl carbamates (subject to hydrolysis) is 1. The highest BCUT2D eigenvalue weighted by Crippen LogP contribution is 2.45. The number of rotatable bonds is 8. The third-order valence-electron chi connectivity index (χ3n) is 7.55. The lowest BCUT2D eigenvalue weighted by atomic mass is 9.85. The SMILES string of the molecule is C=CC1C[C@@]1(NC(=O)[C@@H]1C[C@@H](Oc2ccnc3ccccc23)CN1C(=O)[C@@H](NC(=O)OC(C)(C)C)C(C)(C)C)C(=O)O. The molecule has 0 bridgehead atoms. The number of benzene rings is 1. The average Bonchev–Trinajstić information content (AvgIpc) is 3.45. The topological polar surface area (TPSA) is 147 Å². The van der Waals surface area contributed by atoms with Gasteiger partial charge in [0.05, 0.1) is 12.1 Å². The number of aromatic nitrogens is 1. The second-order valence-electron chi connectivity index (χ2n) is 13.1. The molecule has 1 aromatic heterocycles. The van der Waals surface area contributed by atoms with Crippen molar-refractivity contribution in [2.24, 2.45) is 11.3 Å². The van der Waals surface area contributed by atoms with Gasteiger partial charge in [-0.25, -0.2) is 9.59 Å². The monoisotopic (exact) mass is 580 g/mol. The average molecular weight is 581 g/mol. The number of para-hydroxylation sites is 1. The van der Waals surface area contributed by atoms with Crippen molar-refractivity contribution in [3.63, 3.8) is 0 Å². The van der Waals surface area contributed by atoms with Gasteiger partial charge in [-0.05, 0) is 50.8 Å². The zero-order valence-corrected chi connectivity index (χ0v) is 25.0. The van der Waals surface area contributed by atoms with Gasteiger partial charge < -0.3 is 30.1 Å². The van der Waals surface area contributed by atoms with Crippen LogP contribution in [0.4, 0.5) is 4.79 Å². The molecule has 3 amide bonds. The third kappa shape index (κ3) is 6.50. The van der Waals surface area contributed by atoms with E-state index in [2.05, 4.69) is 22.2 Å². The summed E-state index contributed by atoms with van der Waals surface area (Å²) in [6.07, 6.45) is 2.11. The summed E-state index contributed by atoms with van der Waals surface area (Å²) in [4.78, 5) is 58.4. The minimum Gasteiger partial charge on any atom is -0.488 e. The van der Waals surface area contributed by atoms with Crippen LogP contribution in [0.2, 0.25) is 0 Å². The molecule has 2 heterocycles. The molecule has 0 radical (unpaired) electrons. The first-order valence-corrected chi connectivity index (χ1v) is 14.0. The van der Waals surface area contributed by atoms with Gasteiger partial charge in [-0.3, -0.25) is 14.6 Å². The number of aliphatic carboxylic acids is 1. The molecule has 11 heteroatoms. The van der Waals surface area contributed by atoms with E-state index in [1.54, 1.807) is 53.8 Å². The maximum absolute atomic E-state index is 14.1. The van der Waals surface area contributed by atoms with Crippen LogP contribution in [0.15, 0.2) is 49.2 Å². The summed E-state index contributed by atoms with van der Waals surface area (Å²) in [5, 5.41) is 16.0. The van der Waals surface area contributed by atoms with Crippen molar-refractivity contribution < 1.29 is 33.8 Å². The molecule has 1 saturated heterocycles. The lowest BCUT2D eigenvalue weighted by molar-refractivity contribution is -0.146. The second kappa shape index (κ2) is 11.3. The van der Waals surface area contributed by atoms with Gasteiger partial charge in [-0.2, -0.15) is 0 Å². The number of likely N-dealkylation sites (tertiary alicyclic amines) is 1. The molecule has 4 rings (SSSR count). The summed E-state index contributed by atoms with van der Waals surface area (Å²) in [5.74, 6) is -2.14. The molecule has 1 unspecified atom stereocenters. The maximum atomic E-state index is 14.1. The molecule has 42 heavy (non-hydrogen) atoms. The number of pyridine rings is 1. The number of carboxylic acid groups (broad SMARTS) is 1. The van der Waals surface area contributed by atoms with Crippen LogP contribution < -0.4 is 15.4 Å². The summed E-state index contributed by atoms with van der Waals surface area (Å²) in [6.45, 7) is 14.3. The van der Waals surface area contributed by atoms with E-state index in [1.165, 1.54) is 11.0 Å². The van der Waals surface area contributed by atoms with E-state index in [1.807, 2.05) is 24.3 Å². The Kier molecular flexibility index (Phi) is 8.26. The molecule has 5 atom stereocenters. The number of hydrogen-bond donors (Lipinski definition) is 3. The Balaban J connectivity index is 1.64. The minimum absolute atomic E-state index is 0.0428. The zero-order chi connectivity index (χ0) is 31.0. The predicted octanol–water partition coefficient (Wildman–Crippen LogP) is 3.67. The van der Waals surface area contributed by atoms with Gasteiger partial charge in [0.15, 0.2) is 0 Å². The highest BCUT2D eigenvalue weighted by atomic mass is 16.6. The summed E-state index contributed by atoms with van der Waals surface area (Å²) in [5.41, 5.74) is -2.26. The van der Waals surface area contributed by atoms with E-state index in [0.717, 1.165) is 10.9 Å². The van der Waals surface area contributed by atoms with Crippen molar-refractivity contribution in [3.05, 3.63) is 49.2 Å². The first-order valence-electron chi connectivity index (χ1n) is 14.0. The number of fused-ring (bicyclic) bond motifs is 1. The Bertz CT molecular complexity index is 1390. The number of carboxylic acids is 1. The molecular weight excluding hydrogens is 540 g/mol. The number of carbonyl (C=O) groups is 4. The van der Waals surface area contributed by atoms with Gasteiger partial charge in [-0.1, -0.05) is 39.0 Å². The van der Waals surface area contributed by atoms with E-state index < -0.39 is 64.5 Å². The van der Waals surface area contributed by atoms with Gasteiger partial charge in [0, 0.05) is 23.9 Å². The number of nitrogens with one attached hydrogen (secondary N) is 2. The molecule has 1 aliphatic heterocycles. The number of hydrogen-bond acceptors (Lipinski definition) is 7. The van der Waals surface area contributed by atoms with E-state index in [-0.39, 0.29) is 19.4 Å². The quantitative estimate of drug-likeness (QED) is 0.401. The van der Waals surface area contributed by atoms with Crippen LogP contribution in [-0.4, -0.2) is 74.7 Å². The fraction of sp³-hybridized carbons (Fsp3) is 0.516. The third-order valence-corrected chi connectivity index (χ3v) is 7.55. The van der Waals surface area contributed by atoms with Gasteiger partial charge in [0.1, 0.15) is 35.1 Å². The summed E-state index contributed by atoms with van der Waals surface area (Å²) >= 11 is 0. The van der Waals surface area contributed by atoms with Crippen LogP contribution in [0.5, 0.6) is 5.75 Å². The maximum Gasteiger partial charge on any atom is 0.408 e. The van der Waals surface area contributed by atoms with Crippen molar-refractivity contribution in [1.82, 2.24) is 20.5 Å². The zero-order valence-electron chi connectivity index (χ0n) is 25.0. The van der Waals surface area contributed by atoms with Gasteiger partial charge >= 0.3 is 12.1 Å². The molecule has 3 N–H and O–H groups in total. The molecule has 1 saturated carbocycles. The Hall–Kier alpha value is -4.15. The highest BCUT2D eigenvalue weighted by Gasteiger charge is 2.61. The van der Waals surface area contributed by atoms with Crippen LogP contribution in [-0.2, 0) is 19.1 Å². The van der Waals surface area contributed by atoms with E-state index >= 15 is 0 Å². The molecule has 1 aromatic carbocycles. The Labute approximate surface area is 245 Å². The number of ether oxygens (including phenoxy) is 2. The Morgan fingerprint density at radius 3 is 2.43 bits per heavy atom. The van der Waals surface area contributed by atoms with Gasteiger partial charge in [-0.15, -0.1) is 6.58 Å². The van der Waals surface area contributed by atoms with Crippen molar-refractivity contribution in [3.8, 4) is 5.75 Å². The fourth-order valence-corrected chi connectivity index (χ4v) is 5.29. The van der Waals surface area contributed by atoms with E-state index in [0.29, 0.717) is 5.75 Å². The normalized spacial score (nSPS) is 24.4. The standard InChI is InChI=1S/C31H40N4O7/c1-8-18-16-31(18,27(38)39)34-25(36)22-15-19(41-23-13-14-32-21-12-10-9-11-20(21)23)17-35(22)26(37)24(29(2,3)4)33-28(40)42-30(5,6)7/h8-14,18-19,22,24H,1,15-17H2,2-7H3,(H,33,40)(H,34,36)(H,38,39)/t18?,19-,22+,24-,31+/m1/s1. The largest absolute Gasteiger partial charge is 0.488 e. The first kappa shape index (κ1) is 30.8. The molecule has 0 spiro atoms. The first-order chi connectivity index (χ1) is 19.6. The molecule has 2 aromatic rings. The van der Waals surface area contributed by atoms with Crippen LogP contribution in [0.3, 0.4) is 0 Å². The van der Waals surface area contributed by atoms with Crippen LogP contribution in [0, 0.1) is 11.3 Å². The lowest BCUT2D eigenvalue weighted by Gasteiger charge is -2.35. The fourth-order valence-electron chi connectivity index (χ4n) is 5.29. The predicted molar refractivity (Wildman–Crippen MR) is 156 cm³/mol. The lowest BCUT2D eigenvalue weighted by Crippen LogP contribution is -2.59. The van der Waals surface area contributed by atoms with Gasteiger partial charge in [0.2, 0.25) is 11.8 Å². The second-order valence-corrected chi connectivity index (χ2v) is 13.1. The number of nitrogens with zero attached hydrogens (tertiary/aromatic N) is 2. The van der Waals surface area contributed by atoms with Crippen molar-refractivity contribution in [2.45, 2.75) is 83.7 Å². The summed E-state index contributed by atoms with van der Waals surface area (Å²) in [7, 11) is 0. The smallest absolute Gasteiger partial charge is 0.408 e. The van der Waals surface area contributed by atoms with Crippen molar-refractivity contribution in [1.29, 1.82) is 0 Å². The minimum atomic E-state index is -1.47. The molecule has 1 aliphatic carbocycles. The Morgan fingerprint density at radius 2 is 1.83 bits per heavy atom. The Morgan fingerprint density at radius 1 is 1.14 bits per heavy atom. The van der Waals surface area contributed by atoms with Crippen molar-refractivity contribution in [2.75, 3.05) is 6.54 Å². The molecule has 226 valence electrons. The number of amides is 3. The summed E-state index contributed by atoms with van der Waals surface area (Å²) < 4.78 is 11.7. The van der Waals surface area contributed by atoms with E-state index in [4.69, 9.17) is 9.47 Å². The summed E-state index contributed by atoms with van der Waals surface area (Å²) in [6, 6.07) is 7.11. The van der Waals surface area contributed by atoms with Crippen LogP contribution >= 0.6 is 0 Å². The van der Waals surface area contributed by atoms with Crippen molar-refractivity contribution >= 4 is 34.8 Å². The van der Waals surface area contributed by atoms with Gasteiger partial charge in [0.25, 0.3) is 0 Å².